The average Bonchev–Trinajstić information content (AvgIpc) is 2.92. The average molecular weight is 252 g/mol. The van der Waals surface area contributed by atoms with Crippen LogP contribution < -0.4 is 0 Å². The number of carbonyl (C=O) groups is 1. The van der Waals surface area contributed by atoms with Gasteiger partial charge in [0.25, 0.3) is 0 Å². The number of aryl methyl sites for hydroxylation is 2. The monoisotopic (exact) mass is 252 g/mol. The molecule has 1 fully saturated rings. The first-order chi connectivity index (χ1) is 8.58. The number of aromatic nitrogens is 1. The lowest BCUT2D eigenvalue weighted by Crippen LogP contribution is -2.37. The van der Waals surface area contributed by atoms with E-state index in [0.717, 1.165) is 29.9 Å². The molecule has 100 valence electrons. The van der Waals surface area contributed by atoms with Crippen molar-refractivity contribution in [3.63, 3.8) is 0 Å². The summed E-state index contributed by atoms with van der Waals surface area (Å²) < 4.78 is 5.14. The van der Waals surface area contributed by atoms with E-state index in [1.165, 1.54) is 12.8 Å². The van der Waals surface area contributed by atoms with Gasteiger partial charge in [0, 0.05) is 18.2 Å². The summed E-state index contributed by atoms with van der Waals surface area (Å²) >= 11 is 0. The molecule has 5 nitrogen and oxygen atoms in total. The van der Waals surface area contributed by atoms with Crippen LogP contribution in [0.2, 0.25) is 0 Å². The molecule has 0 radical (unpaired) electrons. The minimum absolute atomic E-state index is 0.0920. The van der Waals surface area contributed by atoms with Crippen molar-refractivity contribution in [3.8, 4) is 0 Å². The first-order valence-corrected chi connectivity index (χ1v) is 6.45. The summed E-state index contributed by atoms with van der Waals surface area (Å²) in [5.41, 5.74) is 1.89. The highest BCUT2D eigenvalue weighted by Crippen LogP contribution is 2.26. The quantitative estimate of drug-likeness (QED) is 0.869. The fourth-order valence-electron chi connectivity index (χ4n) is 2.69. The van der Waals surface area contributed by atoms with Gasteiger partial charge in [0.1, 0.15) is 5.76 Å². The molecule has 0 bridgehead atoms. The van der Waals surface area contributed by atoms with Gasteiger partial charge < -0.3 is 9.63 Å². The summed E-state index contributed by atoms with van der Waals surface area (Å²) in [6.07, 6.45) is 4.58. The van der Waals surface area contributed by atoms with Crippen molar-refractivity contribution in [1.29, 1.82) is 0 Å². The molecular formula is C13H20N2O3. The van der Waals surface area contributed by atoms with Crippen molar-refractivity contribution in [2.45, 2.75) is 52.1 Å². The zero-order chi connectivity index (χ0) is 13.1. The van der Waals surface area contributed by atoms with E-state index >= 15 is 0 Å². The van der Waals surface area contributed by atoms with E-state index < -0.39 is 5.97 Å². The van der Waals surface area contributed by atoms with Crippen LogP contribution in [-0.4, -0.2) is 33.7 Å². The zero-order valence-electron chi connectivity index (χ0n) is 11.0. The molecule has 0 saturated heterocycles. The number of hydrogen-bond acceptors (Lipinski definition) is 4. The van der Waals surface area contributed by atoms with Crippen molar-refractivity contribution in [3.05, 3.63) is 17.0 Å². The van der Waals surface area contributed by atoms with Gasteiger partial charge in [0.2, 0.25) is 0 Å². The lowest BCUT2D eigenvalue weighted by Gasteiger charge is -2.26. The maximum atomic E-state index is 11.0. The Hall–Kier alpha value is -1.36. The normalized spacial score (nSPS) is 16.6. The number of carboxylic acids is 1. The van der Waals surface area contributed by atoms with Crippen LogP contribution in [0.4, 0.5) is 0 Å². The molecule has 0 atom stereocenters. The third-order valence-corrected chi connectivity index (χ3v) is 3.72. The molecule has 0 amide bonds. The minimum Gasteiger partial charge on any atom is -0.480 e. The first-order valence-electron chi connectivity index (χ1n) is 6.45. The molecule has 2 rings (SSSR count). The molecule has 1 saturated carbocycles. The van der Waals surface area contributed by atoms with Gasteiger partial charge >= 0.3 is 5.97 Å². The molecule has 0 aliphatic heterocycles. The Labute approximate surface area is 107 Å². The van der Waals surface area contributed by atoms with Crippen LogP contribution in [-0.2, 0) is 11.3 Å². The number of carboxylic acid groups (broad SMARTS) is 1. The molecule has 1 heterocycles. The molecule has 1 aromatic heterocycles. The molecule has 5 heteroatoms. The second kappa shape index (κ2) is 5.52. The van der Waals surface area contributed by atoms with Crippen LogP contribution in [0.3, 0.4) is 0 Å². The van der Waals surface area contributed by atoms with Crippen LogP contribution in [0.15, 0.2) is 4.52 Å². The smallest absolute Gasteiger partial charge is 0.317 e. The van der Waals surface area contributed by atoms with E-state index in [9.17, 15) is 4.79 Å². The summed E-state index contributed by atoms with van der Waals surface area (Å²) in [6, 6.07) is 0.384. The lowest BCUT2D eigenvalue weighted by atomic mass is 10.1. The summed E-state index contributed by atoms with van der Waals surface area (Å²) in [5.74, 6) is 0.0227. The molecule has 1 aromatic rings. The van der Waals surface area contributed by atoms with Crippen molar-refractivity contribution < 1.29 is 14.4 Å². The Bertz CT molecular complexity index is 402. The Morgan fingerprint density at radius 1 is 1.44 bits per heavy atom. The minimum atomic E-state index is -0.770. The number of nitrogens with zero attached hydrogens (tertiary/aromatic N) is 2. The Kier molecular flexibility index (Phi) is 4.01. The van der Waals surface area contributed by atoms with E-state index in [1.807, 2.05) is 18.7 Å². The second-order valence-corrected chi connectivity index (χ2v) is 5.04. The fraction of sp³-hybridized carbons (Fsp3) is 0.692. The van der Waals surface area contributed by atoms with Gasteiger partial charge in [-0.2, -0.15) is 0 Å². The predicted molar refractivity (Wildman–Crippen MR) is 66.3 cm³/mol. The molecule has 0 unspecified atom stereocenters. The van der Waals surface area contributed by atoms with Gasteiger partial charge in [-0.3, -0.25) is 9.69 Å². The SMILES string of the molecule is Cc1noc(C)c1CN(CC(=O)O)C1CCCC1. The maximum Gasteiger partial charge on any atom is 0.317 e. The Balaban J connectivity index is 2.11. The second-order valence-electron chi connectivity index (χ2n) is 5.04. The van der Waals surface area contributed by atoms with Crippen LogP contribution in [0.5, 0.6) is 0 Å². The molecular weight excluding hydrogens is 232 g/mol. The van der Waals surface area contributed by atoms with Gasteiger partial charge in [-0.1, -0.05) is 18.0 Å². The number of aliphatic carboxylic acids is 1. The lowest BCUT2D eigenvalue weighted by molar-refractivity contribution is -0.139. The van der Waals surface area contributed by atoms with E-state index in [1.54, 1.807) is 0 Å². The molecule has 18 heavy (non-hydrogen) atoms. The number of rotatable bonds is 5. The largest absolute Gasteiger partial charge is 0.480 e. The van der Waals surface area contributed by atoms with Gasteiger partial charge in [0.15, 0.2) is 0 Å². The third kappa shape index (κ3) is 2.90. The van der Waals surface area contributed by atoms with Crippen molar-refractivity contribution in [2.75, 3.05) is 6.54 Å². The van der Waals surface area contributed by atoms with E-state index in [0.29, 0.717) is 12.6 Å². The fourth-order valence-corrected chi connectivity index (χ4v) is 2.69. The van der Waals surface area contributed by atoms with Gasteiger partial charge in [0.05, 0.1) is 12.2 Å². The Morgan fingerprint density at radius 2 is 2.11 bits per heavy atom. The summed E-state index contributed by atoms with van der Waals surface area (Å²) in [5, 5.41) is 13.0. The van der Waals surface area contributed by atoms with Crippen LogP contribution in [0.25, 0.3) is 0 Å². The summed E-state index contributed by atoms with van der Waals surface area (Å²) in [4.78, 5) is 13.0. The van der Waals surface area contributed by atoms with Crippen LogP contribution in [0.1, 0.15) is 42.7 Å². The maximum absolute atomic E-state index is 11.0. The van der Waals surface area contributed by atoms with E-state index in [2.05, 4.69) is 5.16 Å². The van der Waals surface area contributed by atoms with Crippen molar-refractivity contribution >= 4 is 5.97 Å². The molecule has 0 spiro atoms. The van der Waals surface area contributed by atoms with Crippen molar-refractivity contribution in [1.82, 2.24) is 10.1 Å². The van der Waals surface area contributed by atoms with Gasteiger partial charge in [-0.25, -0.2) is 0 Å². The number of hydrogen-bond donors (Lipinski definition) is 1. The molecule has 1 N–H and O–H groups in total. The van der Waals surface area contributed by atoms with E-state index in [4.69, 9.17) is 9.63 Å². The van der Waals surface area contributed by atoms with Gasteiger partial charge in [-0.15, -0.1) is 0 Å². The Morgan fingerprint density at radius 3 is 2.61 bits per heavy atom. The highest BCUT2D eigenvalue weighted by atomic mass is 16.5. The molecule has 1 aliphatic rings. The summed E-state index contributed by atoms with van der Waals surface area (Å²) in [6.45, 7) is 4.50. The summed E-state index contributed by atoms with van der Waals surface area (Å²) in [7, 11) is 0. The molecule has 0 aromatic carbocycles. The highest BCUT2D eigenvalue weighted by Gasteiger charge is 2.26. The van der Waals surface area contributed by atoms with Crippen LogP contribution >= 0.6 is 0 Å². The van der Waals surface area contributed by atoms with E-state index in [-0.39, 0.29) is 6.54 Å². The third-order valence-electron chi connectivity index (χ3n) is 3.72. The topological polar surface area (TPSA) is 66.6 Å². The zero-order valence-corrected chi connectivity index (χ0v) is 11.0. The highest BCUT2D eigenvalue weighted by molar-refractivity contribution is 5.69. The first kappa shape index (κ1) is 13.1. The van der Waals surface area contributed by atoms with Gasteiger partial charge in [-0.05, 0) is 26.7 Å². The predicted octanol–water partition coefficient (Wildman–Crippen LogP) is 2.12. The molecule has 1 aliphatic carbocycles. The standard InChI is InChI=1S/C13H20N2O3/c1-9-12(10(2)18-14-9)7-15(8-13(16)17)11-5-3-4-6-11/h11H,3-8H2,1-2H3,(H,16,17). The van der Waals surface area contributed by atoms with Crippen LogP contribution in [0, 0.1) is 13.8 Å². The van der Waals surface area contributed by atoms with Crippen molar-refractivity contribution in [2.24, 2.45) is 0 Å².